The van der Waals surface area contributed by atoms with Crippen molar-refractivity contribution < 1.29 is 5.11 Å². The molecule has 0 saturated carbocycles. The second-order valence-corrected chi connectivity index (χ2v) is 6.72. The van der Waals surface area contributed by atoms with Gasteiger partial charge >= 0.3 is 0 Å². The molecule has 1 aromatic heterocycles. The number of para-hydroxylation sites is 1. The van der Waals surface area contributed by atoms with Gasteiger partial charge in [-0.3, -0.25) is 4.90 Å². The first-order valence-electron chi connectivity index (χ1n) is 8.39. The average molecular weight is 304 g/mol. The van der Waals surface area contributed by atoms with E-state index in [1.165, 1.54) is 33.3 Å². The second-order valence-electron chi connectivity index (χ2n) is 6.72. The summed E-state index contributed by atoms with van der Waals surface area (Å²) in [4.78, 5) is 6.26. The standard InChI is InChI=1S/C20H20N2O/c23-12-14-5-3-4-13-11-22-9-8-16-15-6-1-2-7-18(15)21-20(16)19(22)10-17(13)14/h1-7,19,21,23H,8-12H2. The number of hydrogen-bond acceptors (Lipinski definition) is 2. The summed E-state index contributed by atoms with van der Waals surface area (Å²) in [5.74, 6) is 0. The summed E-state index contributed by atoms with van der Waals surface area (Å²) in [6.45, 7) is 2.24. The lowest BCUT2D eigenvalue weighted by Crippen LogP contribution is -2.39. The van der Waals surface area contributed by atoms with E-state index in [9.17, 15) is 5.11 Å². The van der Waals surface area contributed by atoms with Crippen molar-refractivity contribution in [1.82, 2.24) is 9.88 Å². The molecule has 3 aromatic rings. The number of nitrogens with one attached hydrogen (secondary N) is 1. The molecular weight excluding hydrogens is 284 g/mol. The summed E-state index contributed by atoms with van der Waals surface area (Å²) in [6, 6.07) is 15.4. The number of aromatic nitrogens is 1. The molecule has 1 unspecified atom stereocenters. The summed E-state index contributed by atoms with van der Waals surface area (Å²) in [5, 5.41) is 11.1. The van der Waals surface area contributed by atoms with Crippen LogP contribution in [0.3, 0.4) is 0 Å². The second kappa shape index (κ2) is 4.95. The van der Waals surface area contributed by atoms with Gasteiger partial charge in [-0.1, -0.05) is 36.4 Å². The molecule has 3 heteroatoms. The van der Waals surface area contributed by atoms with Gasteiger partial charge in [0.1, 0.15) is 0 Å². The van der Waals surface area contributed by atoms with E-state index in [0.717, 1.165) is 31.5 Å². The number of aliphatic hydroxyl groups is 1. The zero-order chi connectivity index (χ0) is 15.4. The molecule has 5 rings (SSSR count). The number of H-pyrrole nitrogens is 1. The number of hydrogen-bond donors (Lipinski definition) is 2. The summed E-state index contributed by atoms with van der Waals surface area (Å²) < 4.78 is 0. The number of benzene rings is 2. The summed E-state index contributed by atoms with van der Waals surface area (Å²) in [5.41, 5.74) is 7.95. The molecule has 2 aliphatic heterocycles. The van der Waals surface area contributed by atoms with Crippen LogP contribution in [0, 0.1) is 0 Å². The molecule has 0 bridgehead atoms. The van der Waals surface area contributed by atoms with E-state index < -0.39 is 0 Å². The number of fused-ring (bicyclic) bond motifs is 6. The monoisotopic (exact) mass is 304 g/mol. The van der Waals surface area contributed by atoms with Crippen molar-refractivity contribution in [1.29, 1.82) is 0 Å². The maximum atomic E-state index is 9.68. The third kappa shape index (κ3) is 1.90. The molecule has 0 radical (unpaired) electrons. The Hall–Kier alpha value is -2.10. The lowest BCUT2D eigenvalue weighted by molar-refractivity contribution is 0.157. The van der Waals surface area contributed by atoms with E-state index in [-0.39, 0.29) is 6.61 Å². The predicted molar refractivity (Wildman–Crippen MR) is 91.2 cm³/mol. The van der Waals surface area contributed by atoms with Crippen LogP contribution in [-0.4, -0.2) is 21.5 Å². The molecule has 0 aliphatic carbocycles. The van der Waals surface area contributed by atoms with Gasteiger partial charge in [-0.05, 0) is 41.2 Å². The third-order valence-electron chi connectivity index (χ3n) is 5.58. The fourth-order valence-electron chi connectivity index (χ4n) is 4.45. The quantitative estimate of drug-likeness (QED) is 0.724. The van der Waals surface area contributed by atoms with Crippen molar-refractivity contribution in [2.45, 2.75) is 32.0 Å². The lowest BCUT2D eigenvalue weighted by Gasteiger charge is -2.40. The number of aliphatic hydroxyl groups excluding tert-OH is 1. The van der Waals surface area contributed by atoms with E-state index in [4.69, 9.17) is 0 Å². The molecule has 2 aromatic carbocycles. The van der Waals surface area contributed by atoms with Crippen LogP contribution in [0.15, 0.2) is 42.5 Å². The Morgan fingerprint density at radius 3 is 2.91 bits per heavy atom. The SMILES string of the molecule is OCc1cccc2c1CC1c3[nH]c4ccccc4c3CCN1C2. The molecule has 3 nitrogen and oxygen atoms in total. The molecular formula is C20H20N2O. The van der Waals surface area contributed by atoms with Crippen LogP contribution in [-0.2, 0) is 26.0 Å². The highest BCUT2D eigenvalue weighted by molar-refractivity contribution is 5.85. The molecule has 23 heavy (non-hydrogen) atoms. The minimum atomic E-state index is 0.134. The Labute approximate surface area is 135 Å². The molecule has 116 valence electrons. The van der Waals surface area contributed by atoms with Crippen LogP contribution in [0.5, 0.6) is 0 Å². The highest BCUT2D eigenvalue weighted by Crippen LogP contribution is 2.41. The first kappa shape index (κ1) is 13.3. The van der Waals surface area contributed by atoms with Crippen molar-refractivity contribution in [3.05, 3.63) is 70.4 Å². The molecule has 2 aliphatic rings. The number of rotatable bonds is 1. The normalized spacial score (nSPS) is 20.1. The van der Waals surface area contributed by atoms with E-state index in [0.29, 0.717) is 6.04 Å². The Bertz CT molecular complexity index is 896. The topological polar surface area (TPSA) is 39.3 Å². The molecule has 0 amide bonds. The van der Waals surface area contributed by atoms with Crippen LogP contribution in [0.2, 0.25) is 0 Å². The predicted octanol–water partition coefficient (Wildman–Crippen LogP) is 3.32. The number of nitrogens with zero attached hydrogens (tertiary/aromatic N) is 1. The van der Waals surface area contributed by atoms with Crippen molar-refractivity contribution in [3.63, 3.8) is 0 Å². The van der Waals surface area contributed by atoms with E-state index in [1.54, 1.807) is 0 Å². The van der Waals surface area contributed by atoms with Gasteiger partial charge in [0, 0.05) is 29.7 Å². The van der Waals surface area contributed by atoms with Crippen LogP contribution >= 0.6 is 0 Å². The maximum Gasteiger partial charge on any atom is 0.0684 e. The highest BCUT2D eigenvalue weighted by atomic mass is 16.3. The Kier molecular flexibility index (Phi) is 2.87. The zero-order valence-electron chi connectivity index (χ0n) is 13.0. The lowest BCUT2D eigenvalue weighted by atomic mass is 9.85. The van der Waals surface area contributed by atoms with E-state index in [2.05, 4.69) is 52.3 Å². The van der Waals surface area contributed by atoms with Crippen LogP contribution in [0.4, 0.5) is 0 Å². The fourth-order valence-corrected chi connectivity index (χ4v) is 4.45. The van der Waals surface area contributed by atoms with Gasteiger partial charge in [-0.15, -0.1) is 0 Å². The average Bonchev–Trinajstić information content (AvgIpc) is 2.98. The van der Waals surface area contributed by atoms with Gasteiger partial charge in [-0.2, -0.15) is 0 Å². The first-order chi connectivity index (χ1) is 11.3. The van der Waals surface area contributed by atoms with Gasteiger partial charge in [0.15, 0.2) is 0 Å². The first-order valence-corrected chi connectivity index (χ1v) is 8.39. The van der Waals surface area contributed by atoms with Gasteiger partial charge in [0.05, 0.1) is 12.6 Å². The maximum absolute atomic E-state index is 9.68. The van der Waals surface area contributed by atoms with Crippen LogP contribution < -0.4 is 0 Å². The molecule has 0 spiro atoms. The summed E-state index contributed by atoms with van der Waals surface area (Å²) >= 11 is 0. The Morgan fingerprint density at radius 2 is 2.00 bits per heavy atom. The largest absolute Gasteiger partial charge is 0.392 e. The van der Waals surface area contributed by atoms with Crippen LogP contribution in [0.1, 0.15) is 34.0 Å². The molecule has 1 atom stereocenters. The Balaban J connectivity index is 1.65. The van der Waals surface area contributed by atoms with Crippen LogP contribution in [0.25, 0.3) is 10.9 Å². The van der Waals surface area contributed by atoms with E-state index >= 15 is 0 Å². The van der Waals surface area contributed by atoms with Gasteiger partial charge in [0.25, 0.3) is 0 Å². The van der Waals surface area contributed by atoms with Gasteiger partial charge in [0.2, 0.25) is 0 Å². The van der Waals surface area contributed by atoms with Crippen molar-refractivity contribution in [2.24, 2.45) is 0 Å². The van der Waals surface area contributed by atoms with Gasteiger partial charge < -0.3 is 10.1 Å². The zero-order valence-corrected chi connectivity index (χ0v) is 13.0. The van der Waals surface area contributed by atoms with E-state index in [1.807, 2.05) is 0 Å². The minimum Gasteiger partial charge on any atom is -0.392 e. The summed E-state index contributed by atoms with van der Waals surface area (Å²) in [6.07, 6.45) is 2.11. The van der Waals surface area contributed by atoms with Crippen molar-refractivity contribution in [3.8, 4) is 0 Å². The Morgan fingerprint density at radius 1 is 1.09 bits per heavy atom. The molecule has 0 saturated heterocycles. The minimum absolute atomic E-state index is 0.134. The molecule has 0 fully saturated rings. The van der Waals surface area contributed by atoms with Crippen molar-refractivity contribution >= 4 is 10.9 Å². The molecule has 2 N–H and O–H groups in total. The highest BCUT2D eigenvalue weighted by Gasteiger charge is 2.34. The summed E-state index contributed by atoms with van der Waals surface area (Å²) in [7, 11) is 0. The molecule has 3 heterocycles. The fraction of sp³-hybridized carbons (Fsp3) is 0.300. The smallest absolute Gasteiger partial charge is 0.0684 e. The third-order valence-corrected chi connectivity index (χ3v) is 5.58. The van der Waals surface area contributed by atoms with Gasteiger partial charge in [-0.25, -0.2) is 0 Å². The van der Waals surface area contributed by atoms with Crippen molar-refractivity contribution in [2.75, 3.05) is 6.54 Å². The number of aromatic amines is 1.